The number of rotatable bonds is 12. The minimum Gasteiger partial charge on any atom is -0.457 e. The molecule has 226 valence electrons. The predicted molar refractivity (Wildman–Crippen MR) is 160 cm³/mol. The molecule has 0 heterocycles. The summed E-state index contributed by atoms with van der Waals surface area (Å²) < 4.78 is 26.9. The lowest BCUT2D eigenvalue weighted by molar-refractivity contribution is -0.132. The molecule has 1 unspecified atom stereocenters. The van der Waals surface area contributed by atoms with E-state index in [1.54, 1.807) is 19.9 Å². The molecule has 0 radical (unpaired) electrons. The van der Waals surface area contributed by atoms with Crippen LogP contribution in [0.15, 0.2) is 90.6 Å². The standard InChI is InChI=1S/C33H34O10/c1-17(2)29(34)40-25-13-11-23(15-27(25)42-31(36)19(5)6)21(9)22(10)33(38)39-24-12-14-26(41-30(35)18(3)4)28(16-24)43-32(37)20(7)8/h11-16,31,36H,1,3,5,7H2,2,4,6,8-10H3/b22-21+. The van der Waals surface area contributed by atoms with Crippen LogP contribution in [0.25, 0.3) is 5.57 Å². The van der Waals surface area contributed by atoms with E-state index in [4.69, 9.17) is 23.7 Å². The van der Waals surface area contributed by atoms with Crippen LogP contribution in [0.5, 0.6) is 28.7 Å². The number of ether oxygens (including phenoxy) is 5. The molecule has 0 amide bonds. The minimum absolute atomic E-state index is 0.00699. The first-order valence-electron chi connectivity index (χ1n) is 12.8. The summed E-state index contributed by atoms with van der Waals surface area (Å²) in [7, 11) is 0. The van der Waals surface area contributed by atoms with E-state index < -0.39 is 30.2 Å². The quantitative estimate of drug-likeness (QED) is 0.106. The summed E-state index contributed by atoms with van der Waals surface area (Å²) >= 11 is 0. The van der Waals surface area contributed by atoms with Crippen molar-refractivity contribution in [3.63, 3.8) is 0 Å². The number of allylic oxidation sites excluding steroid dienone is 1. The number of benzene rings is 2. The van der Waals surface area contributed by atoms with Crippen LogP contribution in [0, 0.1) is 0 Å². The smallest absolute Gasteiger partial charge is 0.339 e. The maximum absolute atomic E-state index is 13.1. The molecular weight excluding hydrogens is 556 g/mol. The molecule has 43 heavy (non-hydrogen) atoms. The summed E-state index contributed by atoms with van der Waals surface area (Å²) in [5, 5.41) is 10.2. The molecule has 10 heteroatoms. The fourth-order valence-electron chi connectivity index (χ4n) is 2.97. The van der Waals surface area contributed by atoms with Gasteiger partial charge in [-0.2, -0.15) is 0 Å². The van der Waals surface area contributed by atoms with Gasteiger partial charge < -0.3 is 28.8 Å². The first kappa shape index (κ1) is 34.0. The van der Waals surface area contributed by atoms with E-state index in [2.05, 4.69) is 26.3 Å². The summed E-state index contributed by atoms with van der Waals surface area (Å²) in [6.07, 6.45) is -1.39. The number of aliphatic hydroxyl groups is 1. The van der Waals surface area contributed by atoms with Crippen molar-refractivity contribution in [3.8, 4) is 28.7 Å². The number of esters is 4. The Hall–Kier alpha value is -5.22. The van der Waals surface area contributed by atoms with Crippen molar-refractivity contribution < 1.29 is 48.0 Å². The van der Waals surface area contributed by atoms with Gasteiger partial charge in [-0.25, -0.2) is 19.2 Å². The Balaban J connectivity index is 2.43. The van der Waals surface area contributed by atoms with Crippen molar-refractivity contribution in [2.45, 2.75) is 47.8 Å². The zero-order chi connectivity index (χ0) is 32.6. The van der Waals surface area contributed by atoms with E-state index in [0.29, 0.717) is 16.7 Å². The van der Waals surface area contributed by atoms with Gasteiger partial charge in [0.25, 0.3) is 0 Å². The Morgan fingerprint density at radius 2 is 1.07 bits per heavy atom. The maximum atomic E-state index is 13.1. The fourth-order valence-corrected chi connectivity index (χ4v) is 2.97. The van der Waals surface area contributed by atoms with Crippen LogP contribution < -0.4 is 23.7 Å². The molecule has 1 atom stereocenters. The third kappa shape index (κ3) is 9.40. The van der Waals surface area contributed by atoms with Crippen LogP contribution in [0.3, 0.4) is 0 Å². The number of hydrogen-bond acceptors (Lipinski definition) is 10. The number of aliphatic hydroxyl groups excluding tert-OH is 1. The normalized spacial score (nSPS) is 11.7. The molecule has 2 rings (SSSR count). The Morgan fingerprint density at radius 1 is 0.605 bits per heavy atom. The second-order valence-electron chi connectivity index (χ2n) is 9.74. The van der Waals surface area contributed by atoms with E-state index in [-0.39, 0.29) is 51.0 Å². The van der Waals surface area contributed by atoms with Crippen LogP contribution in [0.2, 0.25) is 0 Å². The molecule has 0 bridgehead atoms. The summed E-state index contributed by atoms with van der Waals surface area (Å²) in [5.74, 6) is -3.20. The fraction of sp³-hybridized carbons (Fsp3) is 0.212. The highest BCUT2D eigenvalue weighted by molar-refractivity contribution is 5.98. The number of carbonyl (C=O) groups is 4. The predicted octanol–water partition coefficient (Wildman–Crippen LogP) is 5.80. The molecule has 2 aromatic carbocycles. The lowest BCUT2D eigenvalue weighted by Gasteiger charge is -2.18. The largest absolute Gasteiger partial charge is 0.457 e. The molecule has 0 aliphatic heterocycles. The van der Waals surface area contributed by atoms with Crippen molar-refractivity contribution in [1.29, 1.82) is 0 Å². The van der Waals surface area contributed by atoms with E-state index in [1.807, 2.05) is 0 Å². The van der Waals surface area contributed by atoms with Gasteiger partial charge in [-0.1, -0.05) is 32.4 Å². The van der Waals surface area contributed by atoms with Crippen LogP contribution in [0.1, 0.15) is 47.1 Å². The van der Waals surface area contributed by atoms with Crippen molar-refractivity contribution in [2.75, 3.05) is 0 Å². The molecular formula is C33H34O10. The molecule has 0 aromatic heterocycles. The average molecular weight is 591 g/mol. The lowest BCUT2D eigenvalue weighted by Crippen LogP contribution is -2.18. The van der Waals surface area contributed by atoms with Crippen molar-refractivity contribution in [1.82, 2.24) is 0 Å². The van der Waals surface area contributed by atoms with Gasteiger partial charge >= 0.3 is 23.9 Å². The molecule has 2 aromatic rings. The molecule has 0 aliphatic carbocycles. The monoisotopic (exact) mass is 590 g/mol. The van der Waals surface area contributed by atoms with E-state index >= 15 is 0 Å². The zero-order valence-corrected chi connectivity index (χ0v) is 25.0. The minimum atomic E-state index is -1.39. The van der Waals surface area contributed by atoms with E-state index in [0.717, 1.165) is 0 Å². The Labute approximate surface area is 250 Å². The van der Waals surface area contributed by atoms with Crippen LogP contribution in [-0.4, -0.2) is 35.3 Å². The second-order valence-corrected chi connectivity index (χ2v) is 9.74. The SMILES string of the molecule is C=C(C)C(=O)Oc1ccc(OC(=O)/C(C)=C(\C)c2ccc(OC(=O)C(=C)C)c(OC(O)C(=C)C)c2)cc1OC(=O)C(=C)C. The molecule has 0 fully saturated rings. The molecule has 0 spiro atoms. The van der Waals surface area contributed by atoms with Crippen molar-refractivity contribution >= 4 is 29.5 Å². The average Bonchev–Trinajstić information content (AvgIpc) is 2.93. The lowest BCUT2D eigenvalue weighted by atomic mass is 10.0. The number of hydrogen-bond donors (Lipinski definition) is 1. The Kier molecular flexibility index (Phi) is 11.5. The summed E-state index contributed by atoms with van der Waals surface area (Å²) in [5.41, 5.74) is 1.83. The van der Waals surface area contributed by atoms with E-state index in [1.165, 1.54) is 58.0 Å². The highest BCUT2D eigenvalue weighted by Gasteiger charge is 2.20. The summed E-state index contributed by atoms with van der Waals surface area (Å²) in [6.45, 7) is 23.4. The Morgan fingerprint density at radius 3 is 1.56 bits per heavy atom. The molecule has 0 aliphatic rings. The highest BCUT2D eigenvalue weighted by Crippen LogP contribution is 2.35. The first-order valence-corrected chi connectivity index (χ1v) is 12.8. The van der Waals surface area contributed by atoms with Gasteiger partial charge in [0.15, 0.2) is 23.0 Å². The third-order valence-corrected chi connectivity index (χ3v) is 5.68. The van der Waals surface area contributed by atoms with Crippen molar-refractivity contribution in [2.24, 2.45) is 0 Å². The van der Waals surface area contributed by atoms with Gasteiger partial charge in [-0.15, -0.1) is 0 Å². The van der Waals surface area contributed by atoms with E-state index in [9.17, 15) is 24.3 Å². The molecule has 10 nitrogen and oxygen atoms in total. The molecule has 1 N–H and O–H groups in total. The van der Waals surface area contributed by atoms with Gasteiger partial charge in [-0.3, -0.25) is 0 Å². The van der Waals surface area contributed by atoms with Gasteiger partial charge in [0, 0.05) is 28.4 Å². The highest BCUT2D eigenvalue weighted by atomic mass is 16.6. The summed E-state index contributed by atoms with van der Waals surface area (Å²) in [6, 6.07) is 8.41. The zero-order valence-electron chi connectivity index (χ0n) is 25.0. The van der Waals surface area contributed by atoms with Crippen LogP contribution in [-0.2, 0) is 19.2 Å². The number of carbonyl (C=O) groups excluding carboxylic acids is 4. The molecule has 0 saturated carbocycles. The first-order chi connectivity index (χ1) is 20.0. The summed E-state index contributed by atoms with van der Waals surface area (Å²) in [4.78, 5) is 49.4. The van der Waals surface area contributed by atoms with Gasteiger partial charge in [0.05, 0.1) is 0 Å². The van der Waals surface area contributed by atoms with Crippen LogP contribution in [0.4, 0.5) is 0 Å². The second kappa shape index (κ2) is 14.6. The molecule has 0 saturated heterocycles. The topological polar surface area (TPSA) is 135 Å². The van der Waals surface area contributed by atoms with Gasteiger partial charge in [-0.05, 0) is 82.5 Å². The van der Waals surface area contributed by atoms with Crippen LogP contribution >= 0.6 is 0 Å². The van der Waals surface area contributed by atoms with Crippen molar-refractivity contribution in [3.05, 3.63) is 96.1 Å². The Bertz CT molecular complexity index is 1560. The third-order valence-electron chi connectivity index (χ3n) is 5.68. The maximum Gasteiger partial charge on any atom is 0.339 e. The van der Waals surface area contributed by atoms with Gasteiger partial charge in [0.1, 0.15) is 5.75 Å². The van der Waals surface area contributed by atoms with Gasteiger partial charge in [0.2, 0.25) is 6.29 Å².